The van der Waals surface area contributed by atoms with Crippen molar-refractivity contribution in [3.8, 4) is 0 Å². The van der Waals surface area contributed by atoms with Crippen molar-refractivity contribution in [2.24, 2.45) is 11.8 Å². The van der Waals surface area contributed by atoms with E-state index in [2.05, 4.69) is 27.0 Å². The van der Waals surface area contributed by atoms with Crippen molar-refractivity contribution in [1.29, 1.82) is 0 Å². The highest BCUT2D eigenvalue weighted by Gasteiger charge is 2.57. The lowest BCUT2D eigenvalue weighted by Crippen LogP contribution is -2.66. The van der Waals surface area contributed by atoms with Crippen molar-refractivity contribution in [2.75, 3.05) is 63.1 Å². The fourth-order valence-corrected chi connectivity index (χ4v) is 10.9. The molecular formula is C41H47F4N5O5S. The molecule has 56 heavy (non-hydrogen) atoms. The average Bonchev–Trinajstić information content (AvgIpc) is 3.60. The summed E-state index contributed by atoms with van der Waals surface area (Å²) < 4.78 is 92.6. The molecule has 1 unspecified atom stereocenters. The number of carbonyl (C=O) groups excluding carboxylic acids is 2. The van der Waals surface area contributed by atoms with Crippen molar-refractivity contribution in [1.82, 2.24) is 15.1 Å². The summed E-state index contributed by atoms with van der Waals surface area (Å²) in [7, 11) is -3.03. The number of ether oxygens (including phenoxy) is 1. The van der Waals surface area contributed by atoms with Gasteiger partial charge in [-0.15, -0.1) is 0 Å². The van der Waals surface area contributed by atoms with Gasteiger partial charge in [-0.1, -0.05) is 25.1 Å². The minimum atomic E-state index is -4.38. The van der Waals surface area contributed by atoms with Gasteiger partial charge < -0.3 is 20.3 Å². The second-order valence-corrected chi connectivity index (χ2v) is 17.4. The molecule has 0 bridgehead atoms. The van der Waals surface area contributed by atoms with E-state index in [0.29, 0.717) is 13.1 Å². The lowest BCUT2D eigenvalue weighted by molar-refractivity contribution is -0.111. The van der Waals surface area contributed by atoms with E-state index in [9.17, 15) is 26.8 Å². The minimum Gasteiger partial charge on any atom is -0.453 e. The zero-order valence-electron chi connectivity index (χ0n) is 31.3. The highest BCUT2D eigenvalue weighted by Crippen LogP contribution is 2.54. The Morgan fingerprint density at radius 3 is 2.32 bits per heavy atom. The van der Waals surface area contributed by atoms with Gasteiger partial charge in [-0.2, -0.15) is 0 Å². The molecule has 3 atom stereocenters. The molecule has 7 rings (SSSR count). The minimum absolute atomic E-state index is 0.0283. The molecule has 0 radical (unpaired) electrons. The molecule has 4 fully saturated rings. The maximum Gasteiger partial charge on any atom is 0.407 e. The number of anilines is 2. The number of likely N-dealkylation sites (tertiary alicyclic amines) is 2. The number of carbonyl (C=O) groups is 2. The maximum absolute atomic E-state index is 16.2. The van der Waals surface area contributed by atoms with Gasteiger partial charge in [0.15, 0.2) is 5.67 Å². The smallest absolute Gasteiger partial charge is 0.407 e. The van der Waals surface area contributed by atoms with E-state index in [0.717, 1.165) is 87.5 Å². The van der Waals surface area contributed by atoms with E-state index in [1.807, 2.05) is 6.07 Å². The van der Waals surface area contributed by atoms with E-state index >= 15 is 8.78 Å². The van der Waals surface area contributed by atoms with Crippen LogP contribution in [0.3, 0.4) is 0 Å². The van der Waals surface area contributed by atoms with Gasteiger partial charge in [0.05, 0.1) is 41.2 Å². The Hall–Kier alpha value is -4.47. The molecule has 1 aliphatic carbocycles. The molecule has 2 amide bonds. The normalized spacial score (nSPS) is 22.7. The van der Waals surface area contributed by atoms with Gasteiger partial charge in [0.1, 0.15) is 17.5 Å². The summed E-state index contributed by atoms with van der Waals surface area (Å²) in [6.45, 7) is 6.24. The Bertz CT molecular complexity index is 2090. The fraction of sp³-hybridized carbons (Fsp3) is 0.463. The summed E-state index contributed by atoms with van der Waals surface area (Å²) in [4.78, 5) is 29.3. The molecule has 3 aromatic rings. The molecule has 10 nitrogen and oxygen atoms in total. The van der Waals surface area contributed by atoms with Crippen LogP contribution in [0.5, 0.6) is 0 Å². The number of nitrogens with zero attached hydrogens (tertiary/aromatic N) is 3. The average molecular weight is 798 g/mol. The fourth-order valence-electron chi connectivity index (χ4n) is 9.59. The van der Waals surface area contributed by atoms with E-state index in [1.54, 1.807) is 12.1 Å². The van der Waals surface area contributed by atoms with Gasteiger partial charge in [-0.25, -0.2) is 30.8 Å². The highest BCUT2D eigenvalue weighted by atomic mass is 32.2. The number of hydrogen-bond donors (Lipinski definition) is 2. The first-order chi connectivity index (χ1) is 26.7. The largest absolute Gasteiger partial charge is 0.453 e. The molecule has 4 aliphatic rings. The lowest BCUT2D eigenvalue weighted by Gasteiger charge is -2.59. The van der Waals surface area contributed by atoms with Crippen LogP contribution in [0.15, 0.2) is 83.1 Å². The molecule has 0 spiro atoms. The van der Waals surface area contributed by atoms with Gasteiger partial charge in [0.2, 0.25) is 15.7 Å². The Balaban J connectivity index is 1.03. The van der Waals surface area contributed by atoms with E-state index in [4.69, 9.17) is 4.74 Å². The number of alkyl carbamates (subject to hydrolysis) is 1. The van der Waals surface area contributed by atoms with E-state index < -0.39 is 54.5 Å². The Labute approximate surface area is 324 Å². The third-order valence-corrected chi connectivity index (χ3v) is 13.8. The first kappa shape index (κ1) is 39.8. The maximum atomic E-state index is 16.2. The molecule has 3 aliphatic heterocycles. The molecule has 15 heteroatoms. The second kappa shape index (κ2) is 15.8. The van der Waals surface area contributed by atoms with Crippen LogP contribution >= 0.6 is 0 Å². The number of benzene rings is 3. The van der Waals surface area contributed by atoms with Crippen LogP contribution in [0.25, 0.3) is 0 Å². The number of piperidine rings is 1. The molecule has 3 heterocycles. The van der Waals surface area contributed by atoms with Crippen LogP contribution in [0.1, 0.15) is 44.1 Å². The number of amides is 2. The standard InChI is InChI=1S/C41H47F4N5O5S/c1-3-38(51)46-31-20-30(43)21-33(22-31)56(53,54)32-11-12-37(35(44)23-32)49-25-40(45,26-49)24-48-17-13-27(14-18-48)41(50-15-6-16-50,28-7-4-8-29(42)19-28)34-9-5-10-36(34)47-39(52)55-2/h3-4,7-8,11-12,19-23,27,34,36H,1,5-6,9-10,13-18,24-26H2,2H3,(H,46,51)(H,47,52)/t34-,36-,41?/m0/s1. The summed E-state index contributed by atoms with van der Waals surface area (Å²) in [5, 5.41) is 5.40. The van der Waals surface area contributed by atoms with Crippen LogP contribution in [-0.2, 0) is 24.9 Å². The third kappa shape index (κ3) is 7.64. The van der Waals surface area contributed by atoms with Crippen molar-refractivity contribution in [3.05, 3.63) is 96.3 Å². The molecule has 0 aromatic heterocycles. The second-order valence-electron chi connectivity index (χ2n) is 15.5. The van der Waals surface area contributed by atoms with Crippen LogP contribution in [0.2, 0.25) is 0 Å². The van der Waals surface area contributed by atoms with Crippen molar-refractivity contribution in [2.45, 2.75) is 65.6 Å². The van der Waals surface area contributed by atoms with Crippen molar-refractivity contribution >= 4 is 33.2 Å². The summed E-state index contributed by atoms with van der Waals surface area (Å²) >= 11 is 0. The predicted octanol–water partition coefficient (Wildman–Crippen LogP) is 6.43. The van der Waals surface area contributed by atoms with E-state index in [1.165, 1.54) is 30.2 Å². The number of rotatable bonds is 12. The number of sulfone groups is 1. The number of methoxy groups -OCH3 is 1. The number of halogens is 4. The Morgan fingerprint density at radius 2 is 1.68 bits per heavy atom. The molecule has 2 N–H and O–H groups in total. The molecule has 1 saturated carbocycles. The summed E-state index contributed by atoms with van der Waals surface area (Å²) in [5.41, 5.74) is -1.29. The zero-order chi connectivity index (χ0) is 39.8. The lowest BCUT2D eigenvalue weighted by atomic mass is 9.62. The van der Waals surface area contributed by atoms with Crippen molar-refractivity contribution in [3.63, 3.8) is 0 Å². The topological polar surface area (TPSA) is 111 Å². The van der Waals surface area contributed by atoms with Gasteiger partial charge in [-0.3, -0.25) is 14.6 Å². The van der Waals surface area contributed by atoms with Gasteiger partial charge in [0, 0.05) is 37.3 Å². The predicted molar refractivity (Wildman–Crippen MR) is 203 cm³/mol. The first-order valence-corrected chi connectivity index (χ1v) is 20.5. The summed E-state index contributed by atoms with van der Waals surface area (Å²) in [5.74, 6) is -2.60. The monoisotopic (exact) mass is 797 g/mol. The molecule has 3 aromatic carbocycles. The number of hydrogen-bond acceptors (Lipinski definition) is 8. The SMILES string of the molecule is C=CC(=O)Nc1cc(F)cc(S(=O)(=O)c2ccc(N3CC(F)(CN4CCC(C(c5cccc(F)c5)([C@H]5CCC[C@@H]5NC(=O)OC)N5CCC5)CC4)C3)c(F)c2)c1. The Morgan fingerprint density at radius 1 is 0.929 bits per heavy atom. The van der Waals surface area contributed by atoms with Gasteiger partial charge in [0.25, 0.3) is 0 Å². The van der Waals surface area contributed by atoms with E-state index in [-0.39, 0.29) is 54.7 Å². The zero-order valence-corrected chi connectivity index (χ0v) is 32.1. The number of alkyl halides is 1. The van der Waals surface area contributed by atoms with Gasteiger partial charge in [-0.05, 0) is 111 Å². The van der Waals surface area contributed by atoms with Gasteiger partial charge >= 0.3 is 6.09 Å². The van der Waals surface area contributed by atoms with Crippen LogP contribution in [0, 0.1) is 29.3 Å². The van der Waals surface area contributed by atoms with Crippen LogP contribution in [-0.4, -0.2) is 94.9 Å². The molecule has 300 valence electrons. The summed E-state index contributed by atoms with van der Waals surface area (Å²) in [6.07, 6.45) is 5.58. The molecular weight excluding hydrogens is 751 g/mol. The Kier molecular flexibility index (Phi) is 11.2. The number of nitrogens with one attached hydrogen (secondary N) is 2. The third-order valence-electron chi connectivity index (χ3n) is 12.1. The quantitative estimate of drug-likeness (QED) is 0.160. The van der Waals surface area contributed by atoms with Crippen molar-refractivity contribution < 1.29 is 40.3 Å². The van der Waals surface area contributed by atoms with Crippen LogP contribution in [0.4, 0.5) is 33.7 Å². The first-order valence-electron chi connectivity index (χ1n) is 19.1. The van der Waals surface area contributed by atoms with Crippen LogP contribution < -0.4 is 15.5 Å². The molecule has 3 saturated heterocycles. The summed E-state index contributed by atoms with van der Waals surface area (Å²) in [6, 6.07) is 12.8. The highest BCUT2D eigenvalue weighted by molar-refractivity contribution is 7.91.